The molecular weight excluding hydrogens is 398 g/mol. The number of amides is 1. The summed E-state index contributed by atoms with van der Waals surface area (Å²) in [5.41, 5.74) is 1.07. The first-order chi connectivity index (χ1) is 13.4. The number of furan rings is 1. The van der Waals surface area contributed by atoms with E-state index in [4.69, 9.17) is 4.42 Å². The summed E-state index contributed by atoms with van der Waals surface area (Å²) in [6.45, 7) is 4.80. The minimum atomic E-state index is -3.62. The lowest BCUT2D eigenvalue weighted by Gasteiger charge is -2.18. The van der Waals surface area contributed by atoms with E-state index in [1.54, 1.807) is 6.92 Å². The van der Waals surface area contributed by atoms with Crippen molar-refractivity contribution < 1.29 is 17.6 Å². The minimum absolute atomic E-state index is 0.00474. The molecule has 28 heavy (non-hydrogen) atoms. The standard InChI is InChI=1S/C19H25N3O4S2/c1-3-13-6-7-14-16(10-13)27-19(20-14)21-18(23)15-11-17(12(2)26-15)28(24,25)22-8-4-5-9-22/h11,13H,3-10H2,1-2H3,(H,20,21,23). The molecule has 7 nitrogen and oxygen atoms in total. The van der Waals surface area contributed by atoms with Crippen LogP contribution in [0.2, 0.25) is 0 Å². The molecule has 1 aliphatic heterocycles. The Morgan fingerprint density at radius 3 is 2.86 bits per heavy atom. The largest absolute Gasteiger partial charge is 0.455 e. The van der Waals surface area contributed by atoms with E-state index >= 15 is 0 Å². The molecule has 1 amide bonds. The summed E-state index contributed by atoms with van der Waals surface area (Å²) < 4.78 is 32.5. The van der Waals surface area contributed by atoms with E-state index in [1.165, 1.54) is 26.6 Å². The zero-order chi connectivity index (χ0) is 19.9. The van der Waals surface area contributed by atoms with Gasteiger partial charge in [0, 0.05) is 24.0 Å². The van der Waals surface area contributed by atoms with Crippen LogP contribution in [0.25, 0.3) is 0 Å². The Hall–Kier alpha value is -1.71. The van der Waals surface area contributed by atoms with Crippen molar-refractivity contribution in [2.24, 2.45) is 5.92 Å². The fraction of sp³-hybridized carbons (Fsp3) is 0.579. The molecular formula is C19H25N3O4S2. The Morgan fingerprint density at radius 1 is 1.39 bits per heavy atom. The fourth-order valence-corrected chi connectivity index (χ4v) is 6.70. The average molecular weight is 424 g/mol. The van der Waals surface area contributed by atoms with Gasteiger partial charge in [-0.15, -0.1) is 11.3 Å². The molecule has 0 spiro atoms. The summed E-state index contributed by atoms with van der Waals surface area (Å²) in [6.07, 6.45) is 5.96. The summed E-state index contributed by atoms with van der Waals surface area (Å²) in [5.74, 6) is 0.447. The predicted molar refractivity (Wildman–Crippen MR) is 107 cm³/mol. The summed E-state index contributed by atoms with van der Waals surface area (Å²) in [5, 5.41) is 3.32. The molecule has 2 aliphatic rings. The van der Waals surface area contributed by atoms with Gasteiger partial charge in [0.05, 0.1) is 5.69 Å². The summed E-state index contributed by atoms with van der Waals surface area (Å²) >= 11 is 1.50. The van der Waals surface area contributed by atoms with Gasteiger partial charge >= 0.3 is 0 Å². The molecule has 2 aromatic heterocycles. The maximum absolute atomic E-state index is 12.8. The van der Waals surface area contributed by atoms with E-state index in [0.717, 1.165) is 44.2 Å². The molecule has 2 aromatic rings. The molecule has 1 atom stereocenters. The topological polar surface area (TPSA) is 92.5 Å². The number of carbonyl (C=O) groups excluding carboxylic acids is 1. The number of nitrogens with zero attached hydrogens (tertiary/aromatic N) is 2. The molecule has 1 saturated heterocycles. The summed E-state index contributed by atoms with van der Waals surface area (Å²) in [7, 11) is -3.62. The number of anilines is 1. The van der Waals surface area contributed by atoms with Gasteiger partial charge in [-0.25, -0.2) is 13.4 Å². The Morgan fingerprint density at radius 2 is 2.14 bits per heavy atom. The van der Waals surface area contributed by atoms with E-state index in [2.05, 4.69) is 17.2 Å². The van der Waals surface area contributed by atoms with Gasteiger partial charge in [0.25, 0.3) is 5.91 Å². The first kappa shape index (κ1) is 19.6. The average Bonchev–Trinajstić information content (AvgIpc) is 3.40. The number of aromatic nitrogens is 1. The van der Waals surface area contributed by atoms with Crippen LogP contribution in [0.15, 0.2) is 15.4 Å². The van der Waals surface area contributed by atoms with Gasteiger partial charge in [-0.3, -0.25) is 10.1 Å². The molecule has 0 aromatic carbocycles. The van der Waals surface area contributed by atoms with Crippen LogP contribution in [-0.2, 0) is 22.9 Å². The van der Waals surface area contributed by atoms with Crippen molar-refractivity contribution in [3.8, 4) is 0 Å². The number of hydrogen-bond acceptors (Lipinski definition) is 6. The molecule has 1 unspecified atom stereocenters. The number of sulfonamides is 1. The fourth-order valence-electron chi connectivity index (χ4n) is 3.90. The third-order valence-electron chi connectivity index (χ3n) is 5.62. The Kier molecular flexibility index (Phi) is 5.32. The van der Waals surface area contributed by atoms with Crippen molar-refractivity contribution in [1.29, 1.82) is 0 Å². The second-order valence-electron chi connectivity index (χ2n) is 7.50. The third-order valence-corrected chi connectivity index (χ3v) is 8.66. The quantitative estimate of drug-likeness (QED) is 0.793. The van der Waals surface area contributed by atoms with Gasteiger partial charge in [0.15, 0.2) is 10.9 Å². The van der Waals surface area contributed by atoms with E-state index < -0.39 is 15.9 Å². The van der Waals surface area contributed by atoms with Gasteiger partial charge in [-0.05, 0) is 44.9 Å². The molecule has 0 saturated carbocycles. The lowest BCUT2D eigenvalue weighted by molar-refractivity contribution is 0.0995. The first-order valence-corrected chi connectivity index (χ1v) is 12.0. The number of carbonyl (C=O) groups is 1. The van der Waals surface area contributed by atoms with Crippen molar-refractivity contribution in [3.05, 3.63) is 28.2 Å². The maximum atomic E-state index is 12.8. The van der Waals surface area contributed by atoms with Crippen LogP contribution in [0.4, 0.5) is 5.13 Å². The summed E-state index contributed by atoms with van der Waals surface area (Å²) in [4.78, 5) is 18.5. The Bertz CT molecular complexity index is 987. The number of rotatable bonds is 5. The Balaban J connectivity index is 1.51. The molecule has 1 aliphatic carbocycles. The molecule has 9 heteroatoms. The van der Waals surface area contributed by atoms with Crippen molar-refractivity contribution in [3.63, 3.8) is 0 Å². The van der Waals surface area contributed by atoms with Crippen molar-refractivity contribution >= 4 is 32.4 Å². The van der Waals surface area contributed by atoms with Gasteiger partial charge in [0.2, 0.25) is 10.0 Å². The van der Waals surface area contributed by atoms with Crippen LogP contribution in [0.3, 0.4) is 0 Å². The normalized spacial score (nSPS) is 20.3. The highest BCUT2D eigenvalue weighted by atomic mass is 32.2. The van der Waals surface area contributed by atoms with E-state index in [9.17, 15) is 13.2 Å². The van der Waals surface area contributed by atoms with Crippen molar-refractivity contribution in [2.75, 3.05) is 18.4 Å². The molecule has 1 N–H and O–H groups in total. The lowest BCUT2D eigenvalue weighted by Crippen LogP contribution is -2.28. The lowest BCUT2D eigenvalue weighted by atomic mass is 9.89. The van der Waals surface area contributed by atoms with Crippen molar-refractivity contribution in [1.82, 2.24) is 9.29 Å². The van der Waals surface area contributed by atoms with Gasteiger partial charge in [-0.1, -0.05) is 13.3 Å². The Labute approximate surface area is 169 Å². The number of thiazole rings is 1. The van der Waals surface area contributed by atoms with Crippen LogP contribution in [-0.4, -0.2) is 36.7 Å². The number of hydrogen-bond donors (Lipinski definition) is 1. The van der Waals surface area contributed by atoms with Gasteiger partial charge in [0.1, 0.15) is 10.7 Å². The second-order valence-corrected chi connectivity index (χ2v) is 10.5. The van der Waals surface area contributed by atoms with Gasteiger partial charge in [-0.2, -0.15) is 4.31 Å². The van der Waals surface area contributed by atoms with Crippen LogP contribution in [0.1, 0.15) is 59.5 Å². The number of aryl methyl sites for hydroxylation is 2. The van der Waals surface area contributed by atoms with Gasteiger partial charge < -0.3 is 4.42 Å². The third kappa shape index (κ3) is 3.62. The highest BCUT2D eigenvalue weighted by molar-refractivity contribution is 7.89. The smallest absolute Gasteiger partial charge is 0.293 e. The van der Waals surface area contributed by atoms with E-state index in [0.29, 0.717) is 24.1 Å². The molecule has 1 fully saturated rings. The molecule has 0 bridgehead atoms. The van der Waals surface area contributed by atoms with E-state index in [-0.39, 0.29) is 16.4 Å². The number of fused-ring (bicyclic) bond motifs is 1. The van der Waals surface area contributed by atoms with Crippen LogP contribution in [0, 0.1) is 12.8 Å². The summed E-state index contributed by atoms with van der Waals surface area (Å²) in [6, 6.07) is 1.33. The number of nitrogens with one attached hydrogen (secondary N) is 1. The van der Waals surface area contributed by atoms with Crippen LogP contribution >= 0.6 is 11.3 Å². The zero-order valence-corrected chi connectivity index (χ0v) is 17.8. The second kappa shape index (κ2) is 7.61. The van der Waals surface area contributed by atoms with Crippen LogP contribution < -0.4 is 5.32 Å². The zero-order valence-electron chi connectivity index (χ0n) is 16.2. The highest BCUT2D eigenvalue weighted by Crippen LogP contribution is 2.34. The monoisotopic (exact) mass is 423 g/mol. The predicted octanol–water partition coefficient (Wildman–Crippen LogP) is 3.60. The molecule has 0 radical (unpaired) electrons. The van der Waals surface area contributed by atoms with E-state index in [1.807, 2.05) is 0 Å². The SMILES string of the molecule is CCC1CCc2nc(NC(=O)c3cc(S(=O)(=O)N4CCCC4)c(C)o3)sc2C1. The molecule has 152 valence electrons. The minimum Gasteiger partial charge on any atom is -0.455 e. The van der Waals surface area contributed by atoms with Crippen LogP contribution in [0.5, 0.6) is 0 Å². The molecule has 4 rings (SSSR count). The van der Waals surface area contributed by atoms with Crippen molar-refractivity contribution in [2.45, 2.75) is 57.3 Å². The maximum Gasteiger partial charge on any atom is 0.293 e. The highest BCUT2D eigenvalue weighted by Gasteiger charge is 2.32. The first-order valence-electron chi connectivity index (χ1n) is 9.79. The molecule has 3 heterocycles.